The van der Waals surface area contributed by atoms with Crippen molar-refractivity contribution < 1.29 is 23.4 Å². The van der Waals surface area contributed by atoms with E-state index in [-0.39, 0.29) is 23.8 Å². The first kappa shape index (κ1) is 15.8. The molecular weight excluding hydrogens is 292 g/mol. The number of carbonyl (C=O) groups is 1. The van der Waals surface area contributed by atoms with Gasteiger partial charge < -0.3 is 15.2 Å². The minimum atomic E-state index is -2.91. The number of carbonyl (C=O) groups excluding carboxylic acids is 1. The number of nitrogens with one attached hydrogen (secondary N) is 1. The topological polar surface area (TPSA) is 58.6 Å². The van der Waals surface area contributed by atoms with Crippen LogP contribution < -0.4 is 10.1 Å². The molecule has 22 heavy (non-hydrogen) atoms. The van der Waals surface area contributed by atoms with Crippen molar-refractivity contribution >= 4 is 11.6 Å². The molecule has 0 saturated heterocycles. The van der Waals surface area contributed by atoms with E-state index in [1.165, 1.54) is 24.3 Å². The molecule has 0 atom stereocenters. The second kappa shape index (κ2) is 6.89. The molecule has 0 fully saturated rings. The molecule has 2 N–H and O–H groups in total. The van der Waals surface area contributed by atoms with Gasteiger partial charge in [-0.1, -0.05) is 12.1 Å². The summed E-state index contributed by atoms with van der Waals surface area (Å²) in [5, 5.41) is 12.0. The highest BCUT2D eigenvalue weighted by molar-refractivity contribution is 5.92. The third kappa shape index (κ3) is 4.44. The monoisotopic (exact) mass is 307 g/mol. The number of halogens is 2. The predicted octanol–water partition coefficient (Wildman–Crippen LogP) is 3.48. The van der Waals surface area contributed by atoms with Gasteiger partial charge in [0.15, 0.2) is 0 Å². The van der Waals surface area contributed by atoms with Gasteiger partial charge in [-0.15, -0.1) is 0 Å². The minimum Gasteiger partial charge on any atom is -0.508 e. The lowest BCUT2D eigenvalue weighted by atomic mass is 10.1. The second-order valence-electron chi connectivity index (χ2n) is 4.74. The van der Waals surface area contributed by atoms with Gasteiger partial charge in [0.05, 0.1) is 6.42 Å². The molecule has 4 nitrogen and oxygen atoms in total. The number of alkyl halides is 2. The highest BCUT2D eigenvalue weighted by atomic mass is 19.3. The first-order valence-electron chi connectivity index (χ1n) is 6.57. The van der Waals surface area contributed by atoms with Crippen LogP contribution in [-0.2, 0) is 11.2 Å². The number of ether oxygens (including phenoxy) is 1. The molecule has 0 unspecified atom stereocenters. The van der Waals surface area contributed by atoms with Crippen molar-refractivity contribution in [1.29, 1.82) is 0 Å². The number of rotatable bonds is 5. The normalized spacial score (nSPS) is 10.5. The SMILES string of the molecule is Cc1cc(O)ccc1CC(=O)Nc1cccc(OC(F)F)c1. The van der Waals surface area contributed by atoms with Crippen LogP contribution in [0.2, 0.25) is 0 Å². The smallest absolute Gasteiger partial charge is 0.387 e. The van der Waals surface area contributed by atoms with E-state index in [1.807, 2.05) is 0 Å². The van der Waals surface area contributed by atoms with Gasteiger partial charge in [0.25, 0.3) is 0 Å². The summed E-state index contributed by atoms with van der Waals surface area (Å²) in [5.74, 6) is -0.171. The Balaban J connectivity index is 2.02. The summed E-state index contributed by atoms with van der Waals surface area (Å²) in [4.78, 5) is 12.0. The van der Waals surface area contributed by atoms with Gasteiger partial charge in [-0.2, -0.15) is 8.78 Å². The number of aryl methyl sites for hydroxylation is 1. The maximum Gasteiger partial charge on any atom is 0.387 e. The van der Waals surface area contributed by atoms with Crippen LogP contribution >= 0.6 is 0 Å². The van der Waals surface area contributed by atoms with Crippen molar-refractivity contribution in [3.63, 3.8) is 0 Å². The molecule has 0 aromatic heterocycles. The average molecular weight is 307 g/mol. The van der Waals surface area contributed by atoms with Gasteiger partial charge in [-0.05, 0) is 42.3 Å². The van der Waals surface area contributed by atoms with Crippen molar-refractivity contribution in [2.45, 2.75) is 20.0 Å². The standard InChI is InChI=1S/C16H15F2NO3/c1-10-7-13(20)6-5-11(10)8-15(21)19-12-3-2-4-14(9-12)22-16(17)18/h2-7,9,16,20H,8H2,1H3,(H,19,21). The lowest BCUT2D eigenvalue weighted by Gasteiger charge is -2.09. The van der Waals surface area contributed by atoms with E-state index in [1.54, 1.807) is 25.1 Å². The molecule has 0 saturated carbocycles. The minimum absolute atomic E-state index is 0.0198. The van der Waals surface area contributed by atoms with Crippen molar-refractivity contribution in [1.82, 2.24) is 0 Å². The summed E-state index contributed by atoms with van der Waals surface area (Å²) < 4.78 is 28.6. The summed E-state index contributed by atoms with van der Waals surface area (Å²) in [6.45, 7) is -1.12. The molecule has 116 valence electrons. The van der Waals surface area contributed by atoms with Gasteiger partial charge >= 0.3 is 6.61 Å². The molecule has 6 heteroatoms. The van der Waals surface area contributed by atoms with Gasteiger partial charge in [-0.3, -0.25) is 4.79 Å². The van der Waals surface area contributed by atoms with Gasteiger partial charge in [0.2, 0.25) is 5.91 Å². The fourth-order valence-electron chi connectivity index (χ4n) is 2.01. The zero-order chi connectivity index (χ0) is 16.1. The third-order valence-electron chi connectivity index (χ3n) is 3.02. The van der Waals surface area contributed by atoms with Crippen LogP contribution in [0.5, 0.6) is 11.5 Å². The maximum atomic E-state index is 12.1. The Labute approximate surface area is 126 Å². The molecule has 0 radical (unpaired) electrons. The Morgan fingerprint density at radius 2 is 2.05 bits per heavy atom. The van der Waals surface area contributed by atoms with Crippen LogP contribution in [0, 0.1) is 6.92 Å². The number of hydrogen-bond acceptors (Lipinski definition) is 3. The van der Waals surface area contributed by atoms with Crippen molar-refractivity contribution in [3.8, 4) is 11.5 Å². The van der Waals surface area contributed by atoms with Crippen LogP contribution in [0.15, 0.2) is 42.5 Å². The van der Waals surface area contributed by atoms with Crippen molar-refractivity contribution in [2.75, 3.05) is 5.32 Å². The Morgan fingerprint density at radius 1 is 1.27 bits per heavy atom. The van der Waals surface area contributed by atoms with Crippen LogP contribution in [-0.4, -0.2) is 17.6 Å². The van der Waals surface area contributed by atoms with Crippen LogP contribution in [0.4, 0.5) is 14.5 Å². The summed E-state index contributed by atoms with van der Waals surface area (Å²) in [5.41, 5.74) is 1.94. The first-order valence-corrected chi connectivity index (χ1v) is 6.57. The molecule has 0 aliphatic rings. The number of benzene rings is 2. The van der Waals surface area contributed by atoms with Crippen LogP contribution in [0.1, 0.15) is 11.1 Å². The summed E-state index contributed by atoms with van der Waals surface area (Å²) in [6.07, 6.45) is 0.117. The molecule has 0 aliphatic heterocycles. The number of amides is 1. The summed E-state index contributed by atoms with van der Waals surface area (Å²) >= 11 is 0. The quantitative estimate of drug-likeness (QED) is 0.889. The van der Waals surface area contributed by atoms with E-state index >= 15 is 0 Å². The maximum absolute atomic E-state index is 12.1. The molecule has 2 aromatic rings. The zero-order valence-electron chi connectivity index (χ0n) is 11.8. The highest BCUT2D eigenvalue weighted by Gasteiger charge is 2.09. The molecule has 0 aliphatic carbocycles. The van der Waals surface area contributed by atoms with Crippen molar-refractivity contribution in [2.24, 2.45) is 0 Å². The van der Waals surface area contributed by atoms with Gasteiger partial charge in [0, 0.05) is 11.8 Å². The van der Waals surface area contributed by atoms with Crippen molar-refractivity contribution in [3.05, 3.63) is 53.6 Å². The lowest BCUT2D eigenvalue weighted by Crippen LogP contribution is -2.15. The summed E-state index contributed by atoms with van der Waals surface area (Å²) in [6, 6.07) is 10.5. The van der Waals surface area contributed by atoms with Crippen LogP contribution in [0.25, 0.3) is 0 Å². The molecule has 0 spiro atoms. The van der Waals surface area contributed by atoms with E-state index in [4.69, 9.17) is 0 Å². The largest absolute Gasteiger partial charge is 0.508 e. The highest BCUT2D eigenvalue weighted by Crippen LogP contribution is 2.20. The molecule has 2 aromatic carbocycles. The zero-order valence-corrected chi connectivity index (χ0v) is 11.8. The number of anilines is 1. The van der Waals surface area contributed by atoms with E-state index < -0.39 is 6.61 Å². The van der Waals surface area contributed by atoms with Gasteiger partial charge in [-0.25, -0.2) is 0 Å². The number of phenolic OH excluding ortho intramolecular Hbond substituents is 1. The molecule has 0 bridgehead atoms. The molecular formula is C16H15F2NO3. The number of hydrogen-bond donors (Lipinski definition) is 2. The lowest BCUT2D eigenvalue weighted by molar-refractivity contribution is -0.115. The molecule has 2 rings (SSSR count). The van der Waals surface area contributed by atoms with E-state index in [9.17, 15) is 18.7 Å². The Hall–Kier alpha value is -2.63. The van der Waals surface area contributed by atoms with Gasteiger partial charge in [0.1, 0.15) is 11.5 Å². The number of aromatic hydroxyl groups is 1. The third-order valence-corrected chi connectivity index (χ3v) is 3.02. The Kier molecular flexibility index (Phi) is 4.93. The summed E-state index contributed by atoms with van der Waals surface area (Å²) in [7, 11) is 0. The second-order valence-corrected chi connectivity index (χ2v) is 4.74. The average Bonchev–Trinajstić information content (AvgIpc) is 2.41. The van der Waals surface area contributed by atoms with E-state index in [0.717, 1.165) is 11.1 Å². The fourth-order valence-corrected chi connectivity index (χ4v) is 2.01. The fraction of sp³-hybridized carbons (Fsp3) is 0.188. The van der Waals surface area contributed by atoms with E-state index in [2.05, 4.69) is 10.1 Å². The van der Waals surface area contributed by atoms with E-state index in [0.29, 0.717) is 5.69 Å². The molecule has 0 heterocycles. The Morgan fingerprint density at radius 3 is 2.73 bits per heavy atom. The predicted molar refractivity (Wildman–Crippen MR) is 78.3 cm³/mol. The molecule has 1 amide bonds. The number of phenols is 1. The first-order chi connectivity index (χ1) is 10.4. The Bertz CT molecular complexity index is 674. The van der Waals surface area contributed by atoms with Crippen LogP contribution in [0.3, 0.4) is 0 Å².